The molecule has 0 spiro atoms. The molecule has 0 aromatic heterocycles. The fourth-order valence-corrected chi connectivity index (χ4v) is 0.449. The molecule has 0 saturated carbocycles. The Kier molecular flexibility index (Phi) is 3.78. The van der Waals surface area contributed by atoms with Crippen molar-refractivity contribution >= 4 is 0 Å². The number of rotatable bonds is 3. The first-order chi connectivity index (χ1) is 4.26. The summed E-state index contributed by atoms with van der Waals surface area (Å²) in [6.45, 7) is 3.42. The van der Waals surface area contributed by atoms with Crippen molar-refractivity contribution in [1.29, 1.82) is 0 Å². The number of aliphatic hydroxyl groups excluding tert-OH is 1. The van der Waals surface area contributed by atoms with E-state index in [1.165, 1.54) is 13.2 Å². The van der Waals surface area contributed by atoms with Gasteiger partial charge in [0, 0.05) is 7.11 Å². The molecular formula is C7H10O2. The summed E-state index contributed by atoms with van der Waals surface area (Å²) in [6.07, 6.45) is 5.03. The summed E-state index contributed by atoms with van der Waals surface area (Å²) in [5.74, 6) is 2.13. The van der Waals surface area contributed by atoms with Gasteiger partial charge in [-0.25, -0.2) is 0 Å². The van der Waals surface area contributed by atoms with Crippen molar-refractivity contribution in [2.75, 3.05) is 7.11 Å². The van der Waals surface area contributed by atoms with E-state index in [2.05, 4.69) is 12.5 Å². The third-order valence-corrected chi connectivity index (χ3v) is 0.986. The molecule has 0 aliphatic carbocycles. The second-order valence-electron chi connectivity index (χ2n) is 1.55. The fraction of sp³-hybridized carbons (Fsp3) is 0.429. The Morgan fingerprint density at radius 3 is 2.56 bits per heavy atom. The SMILES string of the molecule is C#C[C@@H](O)[C@@H](C=C)OC. The van der Waals surface area contributed by atoms with Crippen LogP contribution in [0, 0.1) is 12.3 Å². The second kappa shape index (κ2) is 4.13. The van der Waals surface area contributed by atoms with Gasteiger partial charge in [0.2, 0.25) is 0 Å². The number of terminal acetylenes is 1. The van der Waals surface area contributed by atoms with Gasteiger partial charge in [0.1, 0.15) is 12.2 Å². The molecule has 0 heterocycles. The molecule has 0 fully saturated rings. The maximum atomic E-state index is 8.89. The van der Waals surface area contributed by atoms with E-state index in [-0.39, 0.29) is 0 Å². The molecule has 0 radical (unpaired) electrons. The minimum atomic E-state index is -0.882. The lowest BCUT2D eigenvalue weighted by Crippen LogP contribution is -2.23. The van der Waals surface area contributed by atoms with E-state index in [0.29, 0.717) is 0 Å². The van der Waals surface area contributed by atoms with Crippen LogP contribution in [0.1, 0.15) is 0 Å². The largest absolute Gasteiger partial charge is 0.377 e. The Labute approximate surface area is 55.1 Å². The molecule has 1 N–H and O–H groups in total. The van der Waals surface area contributed by atoms with Crippen LogP contribution in [0.3, 0.4) is 0 Å². The molecule has 0 bridgehead atoms. The van der Waals surface area contributed by atoms with Crippen LogP contribution in [-0.2, 0) is 4.74 Å². The Bertz CT molecular complexity index is 123. The van der Waals surface area contributed by atoms with Gasteiger partial charge in [0.25, 0.3) is 0 Å². The highest BCUT2D eigenvalue weighted by atomic mass is 16.5. The van der Waals surface area contributed by atoms with Crippen molar-refractivity contribution in [2.24, 2.45) is 0 Å². The van der Waals surface area contributed by atoms with Crippen molar-refractivity contribution in [3.8, 4) is 12.3 Å². The highest BCUT2D eigenvalue weighted by Crippen LogP contribution is 1.96. The second-order valence-corrected chi connectivity index (χ2v) is 1.55. The predicted molar refractivity (Wildman–Crippen MR) is 35.8 cm³/mol. The van der Waals surface area contributed by atoms with Crippen molar-refractivity contribution < 1.29 is 9.84 Å². The van der Waals surface area contributed by atoms with Crippen molar-refractivity contribution in [3.05, 3.63) is 12.7 Å². The molecule has 0 unspecified atom stereocenters. The number of aliphatic hydroxyl groups is 1. The minimum Gasteiger partial charge on any atom is -0.377 e. The standard InChI is InChI=1S/C7H10O2/c1-4-6(8)7(5-2)9-3/h1,5-8H,2H2,3H3/t6-,7-/m1/s1. The van der Waals surface area contributed by atoms with Gasteiger partial charge >= 0.3 is 0 Å². The molecular weight excluding hydrogens is 116 g/mol. The molecule has 0 rings (SSSR count). The van der Waals surface area contributed by atoms with E-state index in [0.717, 1.165) is 0 Å². The average molecular weight is 126 g/mol. The Morgan fingerprint density at radius 2 is 2.44 bits per heavy atom. The zero-order valence-electron chi connectivity index (χ0n) is 5.37. The third-order valence-electron chi connectivity index (χ3n) is 0.986. The zero-order chi connectivity index (χ0) is 7.28. The molecule has 2 atom stereocenters. The van der Waals surface area contributed by atoms with Crippen LogP contribution < -0.4 is 0 Å². The van der Waals surface area contributed by atoms with Gasteiger partial charge in [-0.2, -0.15) is 0 Å². The van der Waals surface area contributed by atoms with Gasteiger partial charge in [-0.1, -0.05) is 12.0 Å². The van der Waals surface area contributed by atoms with Crippen molar-refractivity contribution in [1.82, 2.24) is 0 Å². The quantitative estimate of drug-likeness (QED) is 0.432. The number of methoxy groups -OCH3 is 1. The zero-order valence-corrected chi connectivity index (χ0v) is 5.37. The molecule has 2 heteroatoms. The Hall–Kier alpha value is -0.780. The molecule has 0 saturated heterocycles. The van der Waals surface area contributed by atoms with Crippen LogP contribution >= 0.6 is 0 Å². The van der Waals surface area contributed by atoms with Crippen LogP contribution in [0.5, 0.6) is 0 Å². The fourth-order valence-electron chi connectivity index (χ4n) is 0.449. The third kappa shape index (κ3) is 2.31. The van der Waals surface area contributed by atoms with Crippen molar-refractivity contribution in [2.45, 2.75) is 12.2 Å². The van der Waals surface area contributed by atoms with Gasteiger partial charge in [-0.15, -0.1) is 13.0 Å². The molecule has 50 valence electrons. The van der Waals surface area contributed by atoms with E-state index in [1.807, 2.05) is 0 Å². The van der Waals surface area contributed by atoms with Gasteiger partial charge < -0.3 is 9.84 Å². The average Bonchev–Trinajstić information content (AvgIpc) is 1.90. The van der Waals surface area contributed by atoms with Crippen LogP contribution in [0.2, 0.25) is 0 Å². The first-order valence-electron chi connectivity index (χ1n) is 2.55. The monoisotopic (exact) mass is 126 g/mol. The van der Waals surface area contributed by atoms with E-state index >= 15 is 0 Å². The lowest BCUT2D eigenvalue weighted by atomic mass is 10.2. The summed E-state index contributed by atoms with van der Waals surface area (Å²) in [4.78, 5) is 0. The first-order valence-corrected chi connectivity index (χ1v) is 2.55. The van der Waals surface area contributed by atoms with Gasteiger partial charge in [0.05, 0.1) is 0 Å². The highest BCUT2D eigenvalue weighted by Gasteiger charge is 2.10. The number of hydrogen-bond acceptors (Lipinski definition) is 2. The molecule has 0 amide bonds. The number of hydrogen-bond donors (Lipinski definition) is 1. The van der Waals surface area contributed by atoms with Crippen LogP contribution in [-0.4, -0.2) is 24.4 Å². The molecule has 0 aliphatic heterocycles. The van der Waals surface area contributed by atoms with E-state index < -0.39 is 12.2 Å². The Morgan fingerprint density at radius 1 is 1.89 bits per heavy atom. The smallest absolute Gasteiger partial charge is 0.144 e. The first kappa shape index (κ1) is 8.22. The summed E-state index contributed by atoms with van der Waals surface area (Å²) in [5, 5.41) is 8.89. The van der Waals surface area contributed by atoms with Crippen LogP contribution in [0.4, 0.5) is 0 Å². The summed E-state index contributed by atoms with van der Waals surface area (Å²) < 4.78 is 4.74. The lowest BCUT2D eigenvalue weighted by Gasteiger charge is -2.11. The van der Waals surface area contributed by atoms with Crippen molar-refractivity contribution in [3.63, 3.8) is 0 Å². The molecule has 0 aliphatic rings. The minimum absolute atomic E-state index is 0.449. The maximum absolute atomic E-state index is 8.89. The summed E-state index contributed by atoms with van der Waals surface area (Å²) >= 11 is 0. The van der Waals surface area contributed by atoms with Crippen LogP contribution in [0.15, 0.2) is 12.7 Å². The van der Waals surface area contributed by atoms with E-state index in [1.54, 1.807) is 0 Å². The molecule has 0 aromatic rings. The maximum Gasteiger partial charge on any atom is 0.144 e. The molecule has 2 nitrogen and oxygen atoms in total. The van der Waals surface area contributed by atoms with E-state index in [9.17, 15) is 0 Å². The summed E-state index contributed by atoms with van der Waals surface area (Å²) in [6, 6.07) is 0. The van der Waals surface area contributed by atoms with Gasteiger partial charge in [-0.05, 0) is 0 Å². The van der Waals surface area contributed by atoms with E-state index in [4.69, 9.17) is 16.3 Å². The van der Waals surface area contributed by atoms with Crippen LogP contribution in [0.25, 0.3) is 0 Å². The number of ether oxygens (including phenoxy) is 1. The Balaban J connectivity index is 3.82. The summed E-state index contributed by atoms with van der Waals surface area (Å²) in [5.41, 5.74) is 0. The molecule has 0 aromatic carbocycles. The molecule has 9 heavy (non-hydrogen) atoms. The lowest BCUT2D eigenvalue weighted by molar-refractivity contribution is 0.0480. The summed E-state index contributed by atoms with van der Waals surface area (Å²) in [7, 11) is 1.47. The predicted octanol–water partition coefficient (Wildman–Crippen LogP) is 0.181. The van der Waals surface area contributed by atoms with Gasteiger partial charge in [-0.3, -0.25) is 0 Å². The normalized spacial score (nSPS) is 15.7. The topological polar surface area (TPSA) is 29.5 Å². The highest BCUT2D eigenvalue weighted by molar-refractivity contribution is 5.03. The van der Waals surface area contributed by atoms with Gasteiger partial charge in [0.15, 0.2) is 0 Å².